The van der Waals surface area contributed by atoms with Gasteiger partial charge in [-0.3, -0.25) is 14.2 Å². The first-order chi connectivity index (χ1) is 14.7. The Morgan fingerprint density at radius 3 is 2.48 bits per heavy atom. The molecule has 3 rings (SSSR count). The van der Waals surface area contributed by atoms with Crippen molar-refractivity contribution in [2.24, 2.45) is 0 Å². The van der Waals surface area contributed by atoms with Gasteiger partial charge in [-0.05, 0) is 38.5 Å². The summed E-state index contributed by atoms with van der Waals surface area (Å²) in [6.07, 6.45) is 0. The van der Waals surface area contributed by atoms with Crippen LogP contribution in [0, 0.1) is 13.8 Å². The number of hydrogen-bond acceptors (Lipinski definition) is 5. The van der Waals surface area contributed by atoms with Gasteiger partial charge in [-0.2, -0.15) is 5.10 Å². The minimum absolute atomic E-state index is 0.0554. The summed E-state index contributed by atoms with van der Waals surface area (Å²) >= 11 is 0. The number of benzene rings is 2. The van der Waals surface area contributed by atoms with Crippen molar-refractivity contribution in [1.29, 1.82) is 0 Å². The van der Waals surface area contributed by atoms with Crippen LogP contribution in [0.25, 0.3) is 0 Å². The highest BCUT2D eigenvalue weighted by molar-refractivity contribution is 7.92. The maximum Gasteiger partial charge on any atom is 0.259 e. The number of carbonyl (C=O) groups excluding carboxylic acids is 1. The molecular weight excluding hydrogens is 416 g/mol. The van der Waals surface area contributed by atoms with Gasteiger partial charge in [0.2, 0.25) is 10.0 Å². The molecule has 0 aliphatic rings. The molecule has 9 heteroatoms. The molecule has 8 nitrogen and oxygen atoms in total. The Bertz CT molecular complexity index is 1190. The zero-order valence-corrected chi connectivity index (χ0v) is 18.8. The first-order valence-electron chi connectivity index (χ1n) is 9.82. The fraction of sp³-hybridized carbons (Fsp3) is 0.273. The molecule has 0 spiro atoms. The highest BCUT2D eigenvalue weighted by Crippen LogP contribution is 2.29. The largest absolute Gasteiger partial charge is 0.494 e. The Hall–Kier alpha value is -3.33. The molecule has 31 heavy (non-hydrogen) atoms. The van der Waals surface area contributed by atoms with E-state index in [4.69, 9.17) is 4.74 Å². The first kappa shape index (κ1) is 22.4. The van der Waals surface area contributed by atoms with Crippen molar-refractivity contribution in [3.8, 4) is 5.75 Å². The maximum atomic E-state index is 13.0. The molecule has 0 atom stereocenters. The van der Waals surface area contributed by atoms with Crippen molar-refractivity contribution in [2.45, 2.75) is 27.3 Å². The second-order valence-corrected chi connectivity index (χ2v) is 9.07. The smallest absolute Gasteiger partial charge is 0.259 e. The van der Waals surface area contributed by atoms with Crippen LogP contribution >= 0.6 is 0 Å². The van der Waals surface area contributed by atoms with Crippen LogP contribution < -0.4 is 14.8 Å². The number of ether oxygens (including phenoxy) is 1. The van der Waals surface area contributed by atoms with E-state index in [1.165, 1.54) is 7.11 Å². The normalized spacial score (nSPS) is 11.2. The molecule has 0 bridgehead atoms. The molecule has 0 saturated carbocycles. The van der Waals surface area contributed by atoms with Crippen LogP contribution in [0.5, 0.6) is 5.75 Å². The average Bonchev–Trinajstić information content (AvgIpc) is 3.02. The summed E-state index contributed by atoms with van der Waals surface area (Å²) in [5.74, 6) is -0.0403. The van der Waals surface area contributed by atoms with Gasteiger partial charge in [-0.1, -0.05) is 30.3 Å². The topological polar surface area (TPSA) is 102 Å². The molecule has 0 fully saturated rings. The zero-order valence-electron chi connectivity index (χ0n) is 18.0. The van der Waals surface area contributed by atoms with E-state index in [0.29, 0.717) is 34.9 Å². The Labute approximate surface area is 182 Å². The molecule has 1 aromatic heterocycles. The second kappa shape index (κ2) is 9.22. The number of nitrogens with one attached hydrogen (secondary N) is 2. The number of sulfonamides is 1. The van der Waals surface area contributed by atoms with E-state index in [0.717, 1.165) is 11.3 Å². The Kier molecular flexibility index (Phi) is 6.65. The maximum absolute atomic E-state index is 13.0. The molecule has 1 amide bonds. The molecule has 0 aliphatic heterocycles. The average molecular weight is 443 g/mol. The van der Waals surface area contributed by atoms with Crippen molar-refractivity contribution < 1.29 is 17.9 Å². The van der Waals surface area contributed by atoms with Crippen molar-refractivity contribution in [2.75, 3.05) is 22.9 Å². The molecule has 0 saturated heterocycles. The molecule has 3 aromatic rings. The number of aromatic nitrogens is 2. The summed E-state index contributed by atoms with van der Waals surface area (Å²) in [5.41, 5.74) is 3.78. The van der Waals surface area contributed by atoms with E-state index in [1.54, 1.807) is 32.0 Å². The molecule has 164 valence electrons. The lowest BCUT2D eigenvalue weighted by Gasteiger charge is -2.13. The Morgan fingerprint density at radius 2 is 1.84 bits per heavy atom. The number of aryl methyl sites for hydroxylation is 1. The van der Waals surface area contributed by atoms with Gasteiger partial charge in [0, 0.05) is 17.4 Å². The second-order valence-electron chi connectivity index (χ2n) is 7.06. The van der Waals surface area contributed by atoms with E-state index in [-0.39, 0.29) is 11.7 Å². The number of methoxy groups -OCH3 is 1. The minimum atomic E-state index is -3.45. The van der Waals surface area contributed by atoms with Gasteiger partial charge >= 0.3 is 0 Å². The van der Waals surface area contributed by atoms with E-state index >= 15 is 0 Å². The number of anilines is 2. The van der Waals surface area contributed by atoms with Crippen molar-refractivity contribution in [1.82, 2.24) is 9.78 Å². The monoisotopic (exact) mass is 442 g/mol. The molecule has 2 N–H and O–H groups in total. The van der Waals surface area contributed by atoms with Gasteiger partial charge in [0.1, 0.15) is 5.75 Å². The number of amides is 1. The first-order valence-corrected chi connectivity index (χ1v) is 11.5. The van der Waals surface area contributed by atoms with Crippen LogP contribution in [0.1, 0.15) is 34.2 Å². The van der Waals surface area contributed by atoms with Crippen LogP contribution in [-0.2, 0) is 16.6 Å². The third kappa shape index (κ3) is 5.24. The third-order valence-corrected chi connectivity index (χ3v) is 6.18. The van der Waals surface area contributed by atoms with Gasteiger partial charge in [-0.15, -0.1) is 0 Å². The lowest BCUT2D eigenvalue weighted by molar-refractivity contribution is 0.102. The van der Waals surface area contributed by atoms with Crippen molar-refractivity contribution >= 4 is 27.3 Å². The van der Waals surface area contributed by atoms with Crippen molar-refractivity contribution in [3.05, 3.63) is 71.0 Å². The van der Waals surface area contributed by atoms with Crippen molar-refractivity contribution in [3.63, 3.8) is 0 Å². The quantitative estimate of drug-likeness (QED) is 0.555. The number of hydrogen-bond donors (Lipinski definition) is 2. The number of rotatable bonds is 8. The number of carbonyl (C=O) groups is 1. The molecule has 0 unspecified atom stereocenters. The SMILES string of the molecule is CCS(=O)(=O)Nc1ccc(NC(=O)c2c(C)nn(Cc3ccccc3)c2C)cc1OC. The fourth-order valence-electron chi connectivity index (χ4n) is 3.22. The van der Waals surface area contributed by atoms with Gasteiger partial charge < -0.3 is 10.1 Å². The molecular formula is C22H26N4O4S. The van der Waals surface area contributed by atoms with Gasteiger partial charge in [0.05, 0.1) is 36.4 Å². The number of nitrogens with zero attached hydrogens (tertiary/aromatic N) is 2. The Balaban J connectivity index is 1.81. The van der Waals surface area contributed by atoms with Crippen LogP contribution in [0.4, 0.5) is 11.4 Å². The molecule has 1 heterocycles. The zero-order chi connectivity index (χ0) is 22.6. The highest BCUT2D eigenvalue weighted by atomic mass is 32.2. The predicted octanol–water partition coefficient (Wildman–Crippen LogP) is 3.57. The van der Waals surface area contributed by atoms with Gasteiger partial charge in [0.25, 0.3) is 5.91 Å². The molecule has 0 radical (unpaired) electrons. The fourth-order valence-corrected chi connectivity index (χ4v) is 3.87. The standard InChI is InChI=1S/C22H26N4O4S/c1-5-31(28,29)25-19-12-11-18(13-20(19)30-4)23-22(27)21-15(2)24-26(16(21)3)14-17-9-7-6-8-10-17/h6-13,25H,5,14H2,1-4H3,(H,23,27). The lowest BCUT2D eigenvalue weighted by atomic mass is 10.1. The van der Waals surface area contributed by atoms with Crippen LogP contribution in [0.15, 0.2) is 48.5 Å². The summed E-state index contributed by atoms with van der Waals surface area (Å²) in [5, 5.41) is 7.37. The summed E-state index contributed by atoms with van der Waals surface area (Å²) in [6.45, 7) is 5.78. The lowest BCUT2D eigenvalue weighted by Crippen LogP contribution is -2.16. The van der Waals surface area contributed by atoms with Crippen LogP contribution in [-0.4, -0.2) is 37.0 Å². The van der Waals surface area contributed by atoms with E-state index in [9.17, 15) is 13.2 Å². The molecule has 2 aromatic carbocycles. The van der Waals surface area contributed by atoms with Crippen LogP contribution in [0.3, 0.4) is 0 Å². The summed E-state index contributed by atoms with van der Waals surface area (Å²) in [7, 11) is -2.01. The van der Waals surface area contributed by atoms with Gasteiger partial charge in [-0.25, -0.2) is 8.42 Å². The summed E-state index contributed by atoms with van der Waals surface area (Å²) in [6, 6.07) is 14.7. The van der Waals surface area contributed by atoms with E-state index in [1.807, 2.05) is 41.9 Å². The van der Waals surface area contributed by atoms with E-state index < -0.39 is 10.0 Å². The predicted molar refractivity (Wildman–Crippen MR) is 121 cm³/mol. The van der Waals surface area contributed by atoms with Crippen LogP contribution in [0.2, 0.25) is 0 Å². The third-order valence-electron chi connectivity index (χ3n) is 4.89. The summed E-state index contributed by atoms with van der Waals surface area (Å²) in [4.78, 5) is 13.0. The molecule has 0 aliphatic carbocycles. The van der Waals surface area contributed by atoms with Gasteiger partial charge in [0.15, 0.2) is 0 Å². The van der Waals surface area contributed by atoms with E-state index in [2.05, 4.69) is 15.1 Å². The Morgan fingerprint density at radius 1 is 1.13 bits per heavy atom. The minimum Gasteiger partial charge on any atom is -0.494 e. The summed E-state index contributed by atoms with van der Waals surface area (Å²) < 4.78 is 33.3. The highest BCUT2D eigenvalue weighted by Gasteiger charge is 2.20.